The molecular formula is C30H32F4N8O5. The summed E-state index contributed by atoms with van der Waals surface area (Å²) in [6.45, 7) is 6.38. The molecule has 0 saturated carbocycles. The maximum absolute atomic E-state index is 14.6. The standard InChI is InChI=1S/C30H32F4N8O5/c1-4-21-25(39-9-10-40(16(2)13-39)27-22(43)15-47-38-27)28(45)42-29(36-26(37-42)18-7-11-46-12-8-18)41(21)14-23(44)35-20-6-5-19(30(32,33)34)24(31)17(20)3/h5-7,15-16,43H,4,8-14H2,1-3H3,(H,35,44)/t16-/m1/s1. The molecule has 1 fully saturated rings. The monoisotopic (exact) mass is 660 g/mol. The van der Waals surface area contributed by atoms with E-state index < -0.39 is 35.6 Å². The van der Waals surface area contributed by atoms with Gasteiger partial charge in [-0.15, -0.1) is 5.10 Å². The molecule has 2 aliphatic rings. The largest absolute Gasteiger partial charge is 0.502 e. The van der Waals surface area contributed by atoms with Crippen molar-refractivity contribution in [2.24, 2.45) is 0 Å². The van der Waals surface area contributed by atoms with Crippen molar-refractivity contribution in [2.75, 3.05) is 48.0 Å². The minimum atomic E-state index is -4.89. The number of fused-ring (bicyclic) bond motifs is 1. The molecule has 0 spiro atoms. The summed E-state index contributed by atoms with van der Waals surface area (Å²) in [5, 5.41) is 21.1. The average Bonchev–Trinajstić information content (AvgIpc) is 3.67. The fourth-order valence-corrected chi connectivity index (χ4v) is 6.07. The Morgan fingerprint density at radius 1 is 1.23 bits per heavy atom. The molecule has 6 rings (SSSR count). The summed E-state index contributed by atoms with van der Waals surface area (Å²) in [4.78, 5) is 36.0. The summed E-state index contributed by atoms with van der Waals surface area (Å²) < 4.78 is 67.3. The van der Waals surface area contributed by atoms with Crippen LogP contribution in [0.25, 0.3) is 11.4 Å². The lowest BCUT2D eigenvalue weighted by Crippen LogP contribution is -2.54. The zero-order chi connectivity index (χ0) is 33.6. The highest BCUT2D eigenvalue weighted by Crippen LogP contribution is 2.35. The second-order valence-corrected chi connectivity index (χ2v) is 11.4. The number of ether oxygens (including phenoxy) is 1. The van der Waals surface area contributed by atoms with Crippen molar-refractivity contribution >= 4 is 34.5 Å². The highest BCUT2D eigenvalue weighted by Gasteiger charge is 2.36. The minimum absolute atomic E-state index is 0.0997. The fraction of sp³-hybridized carbons (Fsp3) is 0.433. The van der Waals surface area contributed by atoms with E-state index in [0.29, 0.717) is 69.0 Å². The maximum Gasteiger partial charge on any atom is 0.419 e. The number of benzene rings is 1. The number of halogens is 4. The van der Waals surface area contributed by atoms with Gasteiger partial charge in [0.15, 0.2) is 12.1 Å². The molecule has 2 N–H and O–H groups in total. The first kappa shape index (κ1) is 32.0. The number of nitrogens with one attached hydrogen (secondary N) is 1. The van der Waals surface area contributed by atoms with Crippen molar-refractivity contribution in [3.63, 3.8) is 0 Å². The first-order chi connectivity index (χ1) is 22.4. The van der Waals surface area contributed by atoms with Crippen molar-refractivity contribution in [2.45, 2.75) is 52.4 Å². The van der Waals surface area contributed by atoms with Crippen LogP contribution in [0.1, 0.15) is 42.9 Å². The Labute approximate surface area is 265 Å². The van der Waals surface area contributed by atoms with E-state index >= 15 is 0 Å². The number of carbonyl (C=O) groups is 1. The molecule has 17 heteroatoms. The van der Waals surface area contributed by atoms with Gasteiger partial charge in [-0.2, -0.15) is 22.7 Å². The number of carbonyl (C=O) groups excluding carboxylic acids is 1. The first-order valence-electron chi connectivity index (χ1n) is 15.0. The number of nitrogens with zero attached hydrogens (tertiary/aromatic N) is 7. The molecule has 47 heavy (non-hydrogen) atoms. The summed E-state index contributed by atoms with van der Waals surface area (Å²) in [6, 6.07) is 1.37. The van der Waals surface area contributed by atoms with Gasteiger partial charge in [-0.1, -0.05) is 18.2 Å². The molecule has 3 aromatic heterocycles. The van der Waals surface area contributed by atoms with Gasteiger partial charge >= 0.3 is 6.18 Å². The molecular weight excluding hydrogens is 628 g/mol. The van der Waals surface area contributed by atoms with Crippen LogP contribution in [0, 0.1) is 12.7 Å². The lowest BCUT2D eigenvalue weighted by atomic mass is 10.1. The summed E-state index contributed by atoms with van der Waals surface area (Å²) in [5.41, 5.74) is -0.789. The van der Waals surface area contributed by atoms with Crippen LogP contribution in [0.4, 0.5) is 34.8 Å². The van der Waals surface area contributed by atoms with Crippen LogP contribution in [0.2, 0.25) is 0 Å². The zero-order valence-electron chi connectivity index (χ0n) is 25.8. The predicted octanol–water partition coefficient (Wildman–Crippen LogP) is 3.77. The molecule has 5 heterocycles. The lowest BCUT2D eigenvalue weighted by molar-refractivity contribution is -0.140. The van der Waals surface area contributed by atoms with E-state index in [4.69, 9.17) is 9.26 Å². The van der Waals surface area contributed by atoms with Crippen molar-refractivity contribution in [1.82, 2.24) is 24.3 Å². The lowest BCUT2D eigenvalue weighted by Gasteiger charge is -2.41. The van der Waals surface area contributed by atoms with E-state index in [0.717, 1.165) is 29.3 Å². The second-order valence-electron chi connectivity index (χ2n) is 11.4. The average molecular weight is 661 g/mol. The van der Waals surface area contributed by atoms with E-state index in [-0.39, 0.29) is 34.6 Å². The highest BCUT2D eigenvalue weighted by atomic mass is 19.4. The van der Waals surface area contributed by atoms with Crippen LogP contribution in [0.5, 0.6) is 5.75 Å². The Morgan fingerprint density at radius 2 is 2.02 bits per heavy atom. The smallest absolute Gasteiger partial charge is 0.419 e. The third-order valence-electron chi connectivity index (χ3n) is 8.43. The Hall–Kier alpha value is -4.93. The third-order valence-corrected chi connectivity index (χ3v) is 8.43. The predicted molar refractivity (Wildman–Crippen MR) is 162 cm³/mol. The summed E-state index contributed by atoms with van der Waals surface area (Å²) in [5.74, 6) is -1.56. The van der Waals surface area contributed by atoms with Crippen LogP contribution >= 0.6 is 0 Å². The van der Waals surface area contributed by atoms with E-state index in [1.807, 2.05) is 29.7 Å². The molecule has 250 valence electrons. The van der Waals surface area contributed by atoms with Gasteiger partial charge in [0.05, 0.1) is 24.5 Å². The van der Waals surface area contributed by atoms with Crippen LogP contribution in [0.15, 0.2) is 33.8 Å². The molecule has 1 atom stereocenters. The quantitative estimate of drug-likeness (QED) is 0.281. The number of rotatable bonds is 7. The van der Waals surface area contributed by atoms with Crippen molar-refractivity contribution in [1.29, 1.82) is 0 Å². The van der Waals surface area contributed by atoms with Crippen LogP contribution in [-0.4, -0.2) is 74.2 Å². The first-order valence-corrected chi connectivity index (χ1v) is 15.0. The number of hydrogen-bond acceptors (Lipinski definition) is 10. The van der Waals surface area contributed by atoms with Crippen LogP contribution in [-0.2, 0) is 28.7 Å². The zero-order valence-corrected chi connectivity index (χ0v) is 25.8. The number of aromatic hydroxyl groups is 1. The Bertz CT molecular complexity index is 1930. The number of aromatic nitrogens is 5. The molecule has 0 aliphatic carbocycles. The van der Waals surface area contributed by atoms with E-state index in [9.17, 15) is 32.3 Å². The summed E-state index contributed by atoms with van der Waals surface area (Å²) in [6.07, 6.45) is -1.11. The molecule has 0 radical (unpaired) electrons. The van der Waals surface area contributed by atoms with Crippen LogP contribution < -0.4 is 20.7 Å². The second kappa shape index (κ2) is 12.4. The van der Waals surface area contributed by atoms with E-state index in [2.05, 4.69) is 20.6 Å². The molecule has 0 unspecified atom stereocenters. The third kappa shape index (κ3) is 5.90. The molecule has 1 saturated heterocycles. The number of anilines is 3. The van der Waals surface area contributed by atoms with Crippen molar-refractivity contribution in [3.8, 4) is 5.75 Å². The molecule has 0 bridgehead atoms. The molecule has 2 aliphatic heterocycles. The van der Waals surface area contributed by atoms with Gasteiger partial charge in [0.2, 0.25) is 23.3 Å². The van der Waals surface area contributed by atoms with E-state index in [1.165, 1.54) is 0 Å². The van der Waals surface area contributed by atoms with Crippen LogP contribution in [0.3, 0.4) is 0 Å². The molecule has 1 aromatic carbocycles. The number of alkyl halides is 3. The number of piperazine rings is 1. The Kier molecular flexibility index (Phi) is 8.42. The Morgan fingerprint density at radius 3 is 2.66 bits per heavy atom. The van der Waals surface area contributed by atoms with Gasteiger partial charge in [-0.25, -0.2) is 4.39 Å². The molecule has 4 aromatic rings. The van der Waals surface area contributed by atoms with Crippen molar-refractivity contribution < 1.29 is 36.7 Å². The van der Waals surface area contributed by atoms with Gasteiger partial charge < -0.3 is 34.1 Å². The topological polar surface area (TPSA) is 143 Å². The SMILES string of the molecule is CCc1c(N2CCN(c3nocc3O)[C@H](C)C2)c(=O)n2nc(C3=CCOCC3)nc2n1CC(=O)Nc1ccc(C(F)(F)F)c(F)c1C. The fourth-order valence-electron chi connectivity index (χ4n) is 6.07. The van der Waals surface area contributed by atoms with Gasteiger partial charge in [0.1, 0.15) is 18.0 Å². The van der Waals surface area contributed by atoms with Gasteiger partial charge in [-0.3, -0.25) is 9.59 Å². The van der Waals surface area contributed by atoms with Gasteiger partial charge in [0.25, 0.3) is 5.56 Å². The van der Waals surface area contributed by atoms with E-state index in [1.54, 1.807) is 4.57 Å². The number of hydrogen-bond donors (Lipinski definition) is 2. The molecule has 1 amide bonds. The molecule has 13 nitrogen and oxygen atoms in total. The highest BCUT2D eigenvalue weighted by molar-refractivity contribution is 5.92. The summed E-state index contributed by atoms with van der Waals surface area (Å²) in [7, 11) is 0. The van der Waals surface area contributed by atoms with Gasteiger partial charge in [0, 0.05) is 36.9 Å². The van der Waals surface area contributed by atoms with Gasteiger partial charge in [-0.05, 0) is 44.4 Å². The summed E-state index contributed by atoms with van der Waals surface area (Å²) >= 11 is 0. The maximum atomic E-state index is 14.6. The normalized spacial score (nSPS) is 17.3. The Balaban J connectivity index is 1.40. The minimum Gasteiger partial charge on any atom is -0.502 e. The number of amides is 1. The van der Waals surface area contributed by atoms with Crippen molar-refractivity contribution in [3.05, 3.63) is 63.3 Å².